The first kappa shape index (κ1) is 5.98. The normalized spacial score (nSPS) is 36.7. The van der Waals surface area contributed by atoms with E-state index in [4.69, 9.17) is 9.47 Å². The second-order valence-electron chi connectivity index (χ2n) is 2.66. The summed E-state index contributed by atoms with van der Waals surface area (Å²) in [7, 11) is 0. The summed E-state index contributed by atoms with van der Waals surface area (Å²) in [5, 5.41) is 0. The molecule has 0 aromatic carbocycles. The third-order valence-electron chi connectivity index (χ3n) is 1.91. The lowest BCUT2D eigenvalue weighted by Gasteiger charge is -2.16. The summed E-state index contributed by atoms with van der Waals surface area (Å²) >= 11 is 0. The Hall–Kier alpha value is -0.760. The molecule has 2 atom stereocenters. The molecule has 2 rings (SSSR count). The van der Waals surface area contributed by atoms with Gasteiger partial charge in [0.1, 0.15) is 11.9 Å². The molecule has 1 saturated heterocycles. The van der Waals surface area contributed by atoms with Gasteiger partial charge >= 0.3 is 0 Å². The van der Waals surface area contributed by atoms with Gasteiger partial charge < -0.3 is 9.47 Å². The zero-order chi connectivity index (χ0) is 6.97. The van der Waals surface area contributed by atoms with Crippen molar-refractivity contribution in [2.75, 3.05) is 6.79 Å². The largest absolute Gasteiger partial charge is 0.469 e. The van der Waals surface area contributed by atoms with Gasteiger partial charge in [0.15, 0.2) is 6.79 Å². The number of hydrogen-bond donors (Lipinski definition) is 0. The van der Waals surface area contributed by atoms with Crippen molar-refractivity contribution >= 4 is 0 Å². The Morgan fingerprint density at radius 3 is 3.30 bits per heavy atom. The van der Waals surface area contributed by atoms with Gasteiger partial charge in [-0.2, -0.15) is 0 Å². The number of rotatable bonds is 0. The van der Waals surface area contributed by atoms with E-state index >= 15 is 0 Å². The lowest BCUT2D eigenvalue weighted by Crippen LogP contribution is -2.18. The van der Waals surface area contributed by atoms with E-state index in [-0.39, 0.29) is 6.10 Å². The van der Waals surface area contributed by atoms with Crippen molar-refractivity contribution in [1.29, 1.82) is 0 Å². The lowest BCUT2D eigenvalue weighted by molar-refractivity contribution is 0.0387. The van der Waals surface area contributed by atoms with E-state index in [1.165, 1.54) is 0 Å². The van der Waals surface area contributed by atoms with Gasteiger partial charge in [-0.05, 0) is 6.08 Å². The van der Waals surface area contributed by atoms with Gasteiger partial charge in [0.25, 0.3) is 0 Å². The van der Waals surface area contributed by atoms with E-state index < -0.39 is 0 Å². The maximum atomic E-state index is 5.33. The lowest BCUT2D eigenvalue weighted by atomic mass is 9.99. The summed E-state index contributed by atoms with van der Waals surface area (Å²) in [4.78, 5) is 0. The molecule has 0 radical (unpaired) electrons. The first-order valence-electron chi connectivity index (χ1n) is 3.51. The topological polar surface area (TPSA) is 18.5 Å². The molecule has 2 unspecified atom stereocenters. The Bertz CT molecular complexity index is 193. The van der Waals surface area contributed by atoms with Gasteiger partial charge in [-0.15, -0.1) is 0 Å². The number of ether oxygens (including phenoxy) is 2. The van der Waals surface area contributed by atoms with E-state index in [1.807, 2.05) is 12.2 Å². The highest BCUT2D eigenvalue weighted by molar-refractivity contribution is 5.21. The van der Waals surface area contributed by atoms with Gasteiger partial charge in [-0.25, -0.2) is 0 Å². The molecule has 2 heteroatoms. The maximum absolute atomic E-state index is 5.33. The van der Waals surface area contributed by atoms with Gasteiger partial charge in [0, 0.05) is 5.92 Å². The van der Waals surface area contributed by atoms with Crippen LogP contribution in [0.5, 0.6) is 0 Å². The SMILES string of the molecule is CC1C=CC=C2OCOC21. The molecule has 1 aliphatic carbocycles. The molecule has 0 bridgehead atoms. The molecule has 0 aromatic rings. The van der Waals surface area contributed by atoms with Gasteiger partial charge in [0.2, 0.25) is 0 Å². The van der Waals surface area contributed by atoms with E-state index in [1.54, 1.807) is 0 Å². The highest BCUT2D eigenvalue weighted by Gasteiger charge is 2.28. The predicted octanol–water partition coefficient (Wildman–Crippen LogP) is 1.45. The summed E-state index contributed by atoms with van der Waals surface area (Å²) in [6.07, 6.45) is 6.30. The van der Waals surface area contributed by atoms with Crippen molar-refractivity contribution in [1.82, 2.24) is 0 Å². The molecule has 0 saturated carbocycles. The summed E-state index contributed by atoms with van der Waals surface area (Å²) in [5.41, 5.74) is 0. The minimum atomic E-state index is 0.185. The summed E-state index contributed by atoms with van der Waals surface area (Å²) in [5.74, 6) is 1.44. The molecule has 1 heterocycles. The molecule has 0 amide bonds. The zero-order valence-corrected chi connectivity index (χ0v) is 5.91. The fourth-order valence-electron chi connectivity index (χ4n) is 1.32. The van der Waals surface area contributed by atoms with Crippen LogP contribution < -0.4 is 0 Å². The quantitative estimate of drug-likeness (QED) is 0.504. The van der Waals surface area contributed by atoms with Crippen LogP contribution >= 0.6 is 0 Å². The Morgan fingerprint density at radius 1 is 1.60 bits per heavy atom. The average molecular weight is 138 g/mol. The third kappa shape index (κ3) is 0.762. The minimum Gasteiger partial charge on any atom is -0.469 e. The van der Waals surface area contributed by atoms with Gasteiger partial charge in [-0.3, -0.25) is 0 Å². The fourth-order valence-corrected chi connectivity index (χ4v) is 1.32. The Kier molecular flexibility index (Phi) is 1.27. The number of fused-ring (bicyclic) bond motifs is 1. The molecule has 0 N–H and O–H groups in total. The van der Waals surface area contributed by atoms with Crippen LogP contribution in [-0.4, -0.2) is 12.9 Å². The molecule has 10 heavy (non-hydrogen) atoms. The van der Waals surface area contributed by atoms with Crippen molar-refractivity contribution < 1.29 is 9.47 Å². The monoisotopic (exact) mass is 138 g/mol. The summed E-state index contributed by atoms with van der Waals surface area (Å²) < 4.78 is 10.5. The molecule has 0 spiro atoms. The number of allylic oxidation sites excluding steroid dienone is 2. The van der Waals surface area contributed by atoms with Crippen LogP contribution in [0.3, 0.4) is 0 Å². The van der Waals surface area contributed by atoms with Crippen LogP contribution in [0.2, 0.25) is 0 Å². The van der Waals surface area contributed by atoms with Crippen LogP contribution in [0.15, 0.2) is 24.0 Å². The molecule has 1 aliphatic heterocycles. The maximum Gasteiger partial charge on any atom is 0.189 e. The summed E-state index contributed by atoms with van der Waals surface area (Å²) in [6, 6.07) is 0. The highest BCUT2D eigenvalue weighted by atomic mass is 16.7. The smallest absolute Gasteiger partial charge is 0.189 e. The molecule has 54 valence electrons. The first-order valence-corrected chi connectivity index (χ1v) is 3.51. The van der Waals surface area contributed by atoms with Crippen molar-refractivity contribution in [3.8, 4) is 0 Å². The van der Waals surface area contributed by atoms with E-state index in [0.29, 0.717) is 12.7 Å². The molecule has 1 fully saturated rings. The van der Waals surface area contributed by atoms with Crippen LogP contribution in [0.1, 0.15) is 6.92 Å². The molecular weight excluding hydrogens is 128 g/mol. The van der Waals surface area contributed by atoms with Crippen LogP contribution in [-0.2, 0) is 9.47 Å². The second-order valence-corrected chi connectivity index (χ2v) is 2.66. The molecule has 2 nitrogen and oxygen atoms in total. The fraction of sp³-hybridized carbons (Fsp3) is 0.500. The van der Waals surface area contributed by atoms with E-state index in [0.717, 1.165) is 5.76 Å². The first-order chi connectivity index (χ1) is 4.88. The van der Waals surface area contributed by atoms with Crippen molar-refractivity contribution in [3.05, 3.63) is 24.0 Å². The zero-order valence-electron chi connectivity index (χ0n) is 5.91. The third-order valence-corrected chi connectivity index (χ3v) is 1.91. The second kappa shape index (κ2) is 2.13. The standard InChI is InChI=1S/C8H10O2/c1-6-3-2-4-7-8(6)10-5-9-7/h2-4,6,8H,5H2,1H3. The Balaban J connectivity index is 2.25. The van der Waals surface area contributed by atoms with Crippen LogP contribution in [0, 0.1) is 5.92 Å². The van der Waals surface area contributed by atoms with Crippen molar-refractivity contribution in [2.24, 2.45) is 5.92 Å². The average Bonchev–Trinajstić information content (AvgIpc) is 2.36. The molecule has 2 aliphatic rings. The van der Waals surface area contributed by atoms with E-state index in [9.17, 15) is 0 Å². The van der Waals surface area contributed by atoms with Gasteiger partial charge in [0.05, 0.1) is 0 Å². The minimum absolute atomic E-state index is 0.185. The van der Waals surface area contributed by atoms with Crippen molar-refractivity contribution in [3.63, 3.8) is 0 Å². The van der Waals surface area contributed by atoms with E-state index in [2.05, 4.69) is 13.0 Å². The Morgan fingerprint density at radius 2 is 2.50 bits per heavy atom. The predicted molar refractivity (Wildman–Crippen MR) is 37.2 cm³/mol. The highest BCUT2D eigenvalue weighted by Crippen LogP contribution is 2.27. The number of hydrogen-bond acceptors (Lipinski definition) is 2. The van der Waals surface area contributed by atoms with Crippen LogP contribution in [0.4, 0.5) is 0 Å². The van der Waals surface area contributed by atoms with Crippen LogP contribution in [0.25, 0.3) is 0 Å². The summed E-state index contributed by atoms with van der Waals surface area (Å²) in [6.45, 7) is 2.55. The molecular formula is C8H10O2. The Labute approximate surface area is 60.1 Å². The van der Waals surface area contributed by atoms with Crippen molar-refractivity contribution in [2.45, 2.75) is 13.0 Å². The van der Waals surface area contributed by atoms with Gasteiger partial charge in [-0.1, -0.05) is 19.1 Å². The molecule has 0 aromatic heterocycles.